The molecule has 2 N–H and O–H groups in total. The second-order valence-corrected chi connectivity index (χ2v) is 22.6. The molecule has 0 aliphatic heterocycles. The third-order valence-corrected chi connectivity index (χ3v) is 20.6. The Hall–Kier alpha value is 0.780. The van der Waals surface area contributed by atoms with E-state index in [1.807, 2.05) is 0 Å². The van der Waals surface area contributed by atoms with Crippen LogP contribution in [0.4, 0.5) is 0 Å². The molecule has 0 saturated heterocycles. The van der Waals surface area contributed by atoms with Gasteiger partial charge in [0.1, 0.15) is 0 Å². The van der Waals surface area contributed by atoms with Crippen LogP contribution < -0.4 is 10.6 Å². The second-order valence-electron chi connectivity index (χ2n) is 16.9. The molecule has 2 nitrogen and oxygen atoms in total. The number of rotatable bonds is 15. The summed E-state index contributed by atoms with van der Waals surface area (Å²) in [6, 6.07) is 0. The lowest BCUT2D eigenvalue weighted by atomic mass is 9.79. The maximum absolute atomic E-state index is 4.12. The summed E-state index contributed by atoms with van der Waals surface area (Å²) in [5.74, 6) is 3.86. The van der Waals surface area contributed by atoms with E-state index in [0.29, 0.717) is 0 Å². The maximum atomic E-state index is 4.12. The highest BCUT2D eigenvalue weighted by Gasteiger charge is 2.31. The normalized spacial score (nSPS) is 31.9. The van der Waals surface area contributed by atoms with Gasteiger partial charge in [0, 0.05) is 0 Å². The van der Waals surface area contributed by atoms with Crippen LogP contribution in [0.3, 0.4) is 0 Å². The Morgan fingerprint density at radius 1 is 0.422 bits per heavy atom. The summed E-state index contributed by atoms with van der Waals surface area (Å²) in [5.41, 5.74) is 3.30. The maximum Gasteiger partial charge on any atom is -0.000919 e. The summed E-state index contributed by atoms with van der Waals surface area (Å²) in [6.45, 7) is 7.85. The fraction of sp³-hybridized carbons (Fsp3) is 1.00. The zero-order chi connectivity index (χ0) is 30.9. The van der Waals surface area contributed by atoms with E-state index in [1.54, 1.807) is 51.1 Å². The van der Waals surface area contributed by atoms with Gasteiger partial charge in [0.05, 0.1) is 0 Å². The zero-order valence-electron chi connectivity index (χ0n) is 30.3. The highest BCUT2D eigenvalue weighted by atomic mass is 31.1. The molecule has 0 spiro atoms. The quantitative estimate of drug-likeness (QED) is 0.104. The first-order valence-electron chi connectivity index (χ1n) is 21.2. The van der Waals surface area contributed by atoms with Gasteiger partial charge in [0.2, 0.25) is 0 Å². The molecule has 5 unspecified atom stereocenters. The van der Waals surface area contributed by atoms with Crippen molar-refractivity contribution >= 4 is 15.8 Å². The van der Waals surface area contributed by atoms with Crippen molar-refractivity contribution in [3.8, 4) is 0 Å². The molecular formula is C41H78N2P2. The van der Waals surface area contributed by atoms with Gasteiger partial charge in [0.15, 0.2) is 0 Å². The second kappa shape index (κ2) is 21.8. The van der Waals surface area contributed by atoms with Gasteiger partial charge in [0.25, 0.3) is 0 Å². The predicted octanol–water partition coefficient (Wildman–Crippen LogP) is 11.9. The van der Waals surface area contributed by atoms with Crippen molar-refractivity contribution in [1.82, 2.24) is 10.6 Å². The van der Waals surface area contributed by atoms with Crippen LogP contribution in [-0.2, 0) is 0 Å². The van der Waals surface area contributed by atoms with Crippen LogP contribution in [0, 0.1) is 23.7 Å². The molecular weight excluding hydrogens is 582 g/mol. The molecule has 4 heteroatoms. The van der Waals surface area contributed by atoms with Gasteiger partial charge in [-0.25, -0.2) is 0 Å². The van der Waals surface area contributed by atoms with Crippen molar-refractivity contribution in [2.24, 2.45) is 23.7 Å². The van der Waals surface area contributed by atoms with E-state index in [4.69, 9.17) is 0 Å². The fourth-order valence-corrected chi connectivity index (χ4v) is 18.0. The molecule has 0 bridgehead atoms. The largest absolute Gasteiger partial charge is 0.316 e. The Labute approximate surface area is 284 Å². The Morgan fingerprint density at radius 2 is 0.822 bits per heavy atom. The summed E-state index contributed by atoms with van der Waals surface area (Å²) < 4.78 is 0. The summed E-state index contributed by atoms with van der Waals surface area (Å²) >= 11 is 0. The highest BCUT2D eigenvalue weighted by Crippen LogP contribution is 2.55. The molecule has 0 aromatic carbocycles. The van der Waals surface area contributed by atoms with E-state index >= 15 is 0 Å². The molecule has 0 amide bonds. The summed E-state index contributed by atoms with van der Waals surface area (Å²) in [4.78, 5) is 0. The molecule has 5 saturated carbocycles. The van der Waals surface area contributed by atoms with E-state index in [-0.39, 0.29) is 15.8 Å². The van der Waals surface area contributed by atoms with Crippen molar-refractivity contribution in [3.05, 3.63) is 0 Å². The van der Waals surface area contributed by atoms with Crippen molar-refractivity contribution in [2.45, 2.75) is 191 Å². The number of hydrogen-bond acceptors (Lipinski definition) is 2. The van der Waals surface area contributed by atoms with Crippen molar-refractivity contribution in [3.63, 3.8) is 0 Å². The first-order chi connectivity index (χ1) is 22.3. The fourth-order valence-electron chi connectivity index (χ4n) is 10.7. The Balaban J connectivity index is 1.06. The van der Waals surface area contributed by atoms with Crippen LogP contribution in [-0.4, -0.2) is 61.6 Å². The van der Waals surface area contributed by atoms with Crippen LogP contribution >= 0.6 is 15.8 Å². The summed E-state index contributed by atoms with van der Waals surface area (Å²) in [5, 5.41) is 8.24. The molecule has 5 aliphatic rings. The lowest BCUT2D eigenvalue weighted by Crippen LogP contribution is -2.38. The van der Waals surface area contributed by atoms with E-state index in [2.05, 4.69) is 17.6 Å². The number of nitrogens with one attached hydrogen (secondary N) is 2. The predicted molar refractivity (Wildman–Crippen MR) is 205 cm³/mol. The van der Waals surface area contributed by atoms with Crippen molar-refractivity contribution in [1.29, 1.82) is 0 Å². The van der Waals surface area contributed by atoms with Crippen LogP contribution in [0.2, 0.25) is 0 Å². The minimum atomic E-state index is 0.198. The van der Waals surface area contributed by atoms with Gasteiger partial charge in [-0.15, -0.1) is 7.92 Å². The monoisotopic (exact) mass is 661 g/mol. The van der Waals surface area contributed by atoms with E-state index in [9.17, 15) is 0 Å². The van der Waals surface area contributed by atoms with Crippen molar-refractivity contribution < 1.29 is 0 Å². The first kappa shape index (κ1) is 37.0. The molecule has 6 atom stereocenters. The van der Waals surface area contributed by atoms with E-state index in [1.165, 1.54) is 160 Å². The topological polar surface area (TPSA) is 24.1 Å². The van der Waals surface area contributed by atoms with E-state index in [0.717, 1.165) is 40.6 Å². The summed E-state index contributed by atoms with van der Waals surface area (Å²) in [7, 11) is 0.434. The van der Waals surface area contributed by atoms with Gasteiger partial charge in [-0.1, -0.05) is 124 Å². The molecule has 0 radical (unpaired) electrons. The third-order valence-electron chi connectivity index (χ3n) is 13.7. The van der Waals surface area contributed by atoms with E-state index < -0.39 is 0 Å². The van der Waals surface area contributed by atoms with Gasteiger partial charge < -0.3 is 10.6 Å². The van der Waals surface area contributed by atoms with Crippen LogP contribution in [0.25, 0.3) is 0 Å². The zero-order valence-corrected chi connectivity index (χ0v) is 32.1. The SMILES string of the molecule is CC1CCCCCC1CP(CCNC[C@@H]1CCCCC1CNCCP(C1CCCCCC1)C1CCCCC1)C1CCCCCC1. The third kappa shape index (κ3) is 12.9. The average molecular weight is 661 g/mol. The molecule has 5 aliphatic carbocycles. The van der Waals surface area contributed by atoms with Crippen molar-refractivity contribution in [2.75, 3.05) is 44.7 Å². The number of hydrogen-bond donors (Lipinski definition) is 2. The highest BCUT2D eigenvalue weighted by molar-refractivity contribution is 7.59. The molecule has 262 valence electrons. The Kier molecular flexibility index (Phi) is 17.9. The average Bonchev–Trinajstić information content (AvgIpc) is 3.59. The lowest BCUT2D eigenvalue weighted by molar-refractivity contribution is 0.226. The Morgan fingerprint density at radius 3 is 1.38 bits per heavy atom. The Bertz CT molecular complexity index is 740. The molecule has 0 aromatic heterocycles. The lowest BCUT2D eigenvalue weighted by Gasteiger charge is -2.37. The molecule has 0 heterocycles. The minimum Gasteiger partial charge on any atom is -0.316 e. The minimum absolute atomic E-state index is 0.198. The molecule has 5 fully saturated rings. The van der Waals surface area contributed by atoms with Gasteiger partial charge >= 0.3 is 0 Å². The van der Waals surface area contributed by atoms with Gasteiger partial charge in [-0.05, 0) is 143 Å². The smallest absolute Gasteiger partial charge is 0.000919 e. The van der Waals surface area contributed by atoms with Crippen LogP contribution in [0.5, 0.6) is 0 Å². The molecule has 0 aromatic rings. The summed E-state index contributed by atoms with van der Waals surface area (Å²) in [6.07, 6.45) is 44.3. The molecule has 45 heavy (non-hydrogen) atoms. The van der Waals surface area contributed by atoms with Crippen LogP contribution in [0.15, 0.2) is 0 Å². The molecule has 5 rings (SSSR count). The standard InChI is InChI=1S/C41H78N2P2/c1-35-18-8-6-9-21-38(35)34-44(39-22-10-2-3-11-23-39)30-28-42-32-36-19-16-17-20-37(36)33-43-29-31-45(41-26-14-7-15-27-41)40-24-12-4-5-13-25-40/h35-43H,2-34H2,1H3/t35?,36-,37?,38?,44?,45?/m0/s1. The van der Waals surface area contributed by atoms with Gasteiger partial charge in [-0.3, -0.25) is 0 Å². The first-order valence-corrected chi connectivity index (χ1v) is 24.6. The van der Waals surface area contributed by atoms with Gasteiger partial charge in [-0.2, -0.15) is 0 Å². The van der Waals surface area contributed by atoms with Crippen LogP contribution in [0.1, 0.15) is 174 Å².